The van der Waals surface area contributed by atoms with Gasteiger partial charge in [-0.25, -0.2) is 4.39 Å². The highest BCUT2D eigenvalue weighted by Crippen LogP contribution is 2.28. The van der Waals surface area contributed by atoms with Gasteiger partial charge in [0.15, 0.2) is 0 Å². The summed E-state index contributed by atoms with van der Waals surface area (Å²) in [6, 6.07) is 14.0. The van der Waals surface area contributed by atoms with Crippen LogP contribution >= 0.6 is 15.9 Å². The monoisotopic (exact) mass is 305 g/mol. The molecule has 2 rings (SSSR count). The fourth-order valence-electron chi connectivity index (χ4n) is 1.46. The highest BCUT2D eigenvalue weighted by atomic mass is 79.9. The van der Waals surface area contributed by atoms with Crippen LogP contribution < -0.4 is 4.74 Å². The average molecular weight is 306 g/mol. The maximum absolute atomic E-state index is 13.4. The maximum Gasteiger partial charge on any atom is 0.144 e. The van der Waals surface area contributed by atoms with E-state index in [1.807, 2.05) is 30.3 Å². The third kappa shape index (κ3) is 2.88. The molecular formula is C14H9BrFNO. The summed E-state index contributed by atoms with van der Waals surface area (Å²) in [6.45, 7) is 0.352. The molecule has 18 heavy (non-hydrogen) atoms. The van der Waals surface area contributed by atoms with Gasteiger partial charge < -0.3 is 4.74 Å². The smallest absolute Gasteiger partial charge is 0.144 e. The summed E-state index contributed by atoms with van der Waals surface area (Å²) in [5.74, 6) is -0.195. The molecule has 0 spiro atoms. The van der Waals surface area contributed by atoms with Crippen molar-refractivity contribution in [1.82, 2.24) is 0 Å². The minimum absolute atomic E-state index is 0.00561. The van der Waals surface area contributed by atoms with E-state index in [1.54, 1.807) is 6.07 Å². The highest BCUT2D eigenvalue weighted by Gasteiger charge is 2.09. The Balaban J connectivity index is 2.16. The van der Waals surface area contributed by atoms with Crippen LogP contribution in [0.3, 0.4) is 0 Å². The van der Waals surface area contributed by atoms with Crippen molar-refractivity contribution in [1.29, 1.82) is 5.26 Å². The lowest BCUT2D eigenvalue weighted by atomic mass is 10.2. The zero-order valence-electron chi connectivity index (χ0n) is 9.36. The first-order chi connectivity index (χ1) is 8.70. The lowest BCUT2D eigenvalue weighted by Gasteiger charge is -2.09. The van der Waals surface area contributed by atoms with E-state index >= 15 is 0 Å². The fraction of sp³-hybridized carbons (Fsp3) is 0.0714. The number of benzene rings is 2. The van der Waals surface area contributed by atoms with Crippen LogP contribution in [0.5, 0.6) is 5.75 Å². The van der Waals surface area contributed by atoms with Crippen LogP contribution in [-0.4, -0.2) is 0 Å². The van der Waals surface area contributed by atoms with Gasteiger partial charge in [0.05, 0.1) is 10.0 Å². The lowest BCUT2D eigenvalue weighted by molar-refractivity contribution is 0.302. The molecule has 0 fully saturated rings. The van der Waals surface area contributed by atoms with E-state index in [-0.39, 0.29) is 5.56 Å². The molecule has 4 heteroatoms. The number of nitriles is 1. The van der Waals surface area contributed by atoms with Crippen LogP contribution in [0.25, 0.3) is 0 Å². The van der Waals surface area contributed by atoms with Crippen LogP contribution in [0.15, 0.2) is 46.9 Å². The van der Waals surface area contributed by atoms with E-state index < -0.39 is 5.82 Å². The first-order valence-electron chi connectivity index (χ1n) is 5.26. The van der Waals surface area contributed by atoms with Gasteiger partial charge in [0.25, 0.3) is 0 Å². The molecule has 0 aliphatic rings. The van der Waals surface area contributed by atoms with E-state index in [9.17, 15) is 4.39 Å². The maximum atomic E-state index is 13.4. The Hall–Kier alpha value is -1.86. The summed E-state index contributed by atoms with van der Waals surface area (Å²) in [7, 11) is 0. The van der Waals surface area contributed by atoms with Gasteiger partial charge in [0.2, 0.25) is 0 Å². The van der Waals surface area contributed by atoms with Gasteiger partial charge in [-0.1, -0.05) is 30.3 Å². The molecule has 0 bridgehead atoms. The van der Waals surface area contributed by atoms with Gasteiger partial charge >= 0.3 is 0 Å². The molecule has 0 amide bonds. The molecule has 2 aromatic carbocycles. The molecule has 0 aliphatic heterocycles. The molecule has 0 saturated carbocycles. The first kappa shape index (κ1) is 12.6. The van der Waals surface area contributed by atoms with Crippen molar-refractivity contribution in [2.24, 2.45) is 0 Å². The number of ether oxygens (including phenoxy) is 1. The Morgan fingerprint density at radius 3 is 2.61 bits per heavy atom. The molecule has 0 aliphatic carbocycles. The van der Waals surface area contributed by atoms with Crippen LogP contribution in [0, 0.1) is 17.1 Å². The molecular weight excluding hydrogens is 297 g/mol. The molecule has 0 aromatic heterocycles. The van der Waals surface area contributed by atoms with Crippen molar-refractivity contribution in [2.75, 3.05) is 0 Å². The number of rotatable bonds is 3. The Kier molecular flexibility index (Phi) is 3.96. The second-order valence-corrected chi connectivity index (χ2v) is 4.50. The van der Waals surface area contributed by atoms with Crippen LogP contribution in [-0.2, 0) is 6.61 Å². The fourth-order valence-corrected chi connectivity index (χ4v) is 1.92. The Morgan fingerprint density at radius 2 is 1.94 bits per heavy atom. The first-order valence-corrected chi connectivity index (χ1v) is 6.06. The van der Waals surface area contributed by atoms with Crippen molar-refractivity contribution in [3.8, 4) is 11.8 Å². The Labute approximate surface area is 113 Å². The number of nitrogens with zero attached hydrogens (tertiary/aromatic N) is 1. The summed E-state index contributed by atoms with van der Waals surface area (Å²) < 4.78 is 19.5. The predicted molar refractivity (Wildman–Crippen MR) is 69.6 cm³/mol. The summed E-state index contributed by atoms with van der Waals surface area (Å²) in [5, 5.41) is 8.69. The van der Waals surface area contributed by atoms with Gasteiger partial charge in [0, 0.05) is 6.07 Å². The summed E-state index contributed by atoms with van der Waals surface area (Å²) in [5.41, 5.74) is 0.989. The molecule has 90 valence electrons. The minimum atomic E-state index is -0.580. The SMILES string of the molecule is N#Cc1cc(Br)c(OCc2ccccc2)cc1F. The zero-order chi connectivity index (χ0) is 13.0. The molecule has 2 aromatic rings. The molecule has 2 nitrogen and oxygen atoms in total. The van der Waals surface area contributed by atoms with Crippen LogP contribution in [0.2, 0.25) is 0 Å². The second-order valence-electron chi connectivity index (χ2n) is 3.65. The standard InChI is InChI=1S/C14H9BrFNO/c15-12-6-11(8-17)13(16)7-14(12)18-9-10-4-2-1-3-5-10/h1-7H,9H2. The van der Waals surface area contributed by atoms with Gasteiger partial charge in [-0.2, -0.15) is 5.26 Å². The lowest BCUT2D eigenvalue weighted by Crippen LogP contribution is -1.97. The van der Waals surface area contributed by atoms with E-state index in [2.05, 4.69) is 15.9 Å². The van der Waals surface area contributed by atoms with E-state index in [0.717, 1.165) is 5.56 Å². The number of halogens is 2. The minimum Gasteiger partial charge on any atom is -0.488 e. The van der Waals surface area contributed by atoms with Crippen molar-refractivity contribution in [3.05, 3.63) is 63.9 Å². The number of hydrogen-bond acceptors (Lipinski definition) is 2. The van der Waals surface area contributed by atoms with Gasteiger partial charge in [-0.15, -0.1) is 0 Å². The van der Waals surface area contributed by atoms with E-state index in [0.29, 0.717) is 16.8 Å². The van der Waals surface area contributed by atoms with Gasteiger partial charge in [0.1, 0.15) is 24.2 Å². The molecule has 0 radical (unpaired) electrons. The largest absolute Gasteiger partial charge is 0.488 e. The zero-order valence-corrected chi connectivity index (χ0v) is 10.9. The predicted octanol–water partition coefficient (Wildman–Crippen LogP) is 4.04. The molecule has 0 unspecified atom stereocenters. The van der Waals surface area contributed by atoms with Crippen LogP contribution in [0.1, 0.15) is 11.1 Å². The third-order valence-electron chi connectivity index (χ3n) is 2.38. The van der Waals surface area contributed by atoms with Crippen molar-refractivity contribution >= 4 is 15.9 Å². The Bertz CT molecular complexity index is 593. The Morgan fingerprint density at radius 1 is 1.22 bits per heavy atom. The topological polar surface area (TPSA) is 33.0 Å². The second kappa shape index (κ2) is 5.65. The molecule has 0 heterocycles. The van der Waals surface area contributed by atoms with Crippen molar-refractivity contribution in [2.45, 2.75) is 6.61 Å². The number of hydrogen-bond donors (Lipinski definition) is 0. The van der Waals surface area contributed by atoms with Crippen LogP contribution in [0.4, 0.5) is 4.39 Å². The molecule has 0 N–H and O–H groups in total. The van der Waals surface area contributed by atoms with Gasteiger partial charge in [-0.05, 0) is 27.6 Å². The average Bonchev–Trinajstić information content (AvgIpc) is 2.40. The summed E-state index contributed by atoms with van der Waals surface area (Å²) in [4.78, 5) is 0. The summed E-state index contributed by atoms with van der Waals surface area (Å²) >= 11 is 3.25. The van der Waals surface area contributed by atoms with E-state index in [4.69, 9.17) is 10.00 Å². The van der Waals surface area contributed by atoms with E-state index in [1.165, 1.54) is 12.1 Å². The molecule has 0 saturated heterocycles. The molecule has 0 atom stereocenters. The van der Waals surface area contributed by atoms with Crippen molar-refractivity contribution in [3.63, 3.8) is 0 Å². The summed E-state index contributed by atoms with van der Waals surface area (Å²) in [6.07, 6.45) is 0. The van der Waals surface area contributed by atoms with Gasteiger partial charge in [-0.3, -0.25) is 0 Å². The quantitative estimate of drug-likeness (QED) is 0.857. The third-order valence-corrected chi connectivity index (χ3v) is 3.00. The normalized spacial score (nSPS) is 9.83. The van der Waals surface area contributed by atoms with Crippen molar-refractivity contribution < 1.29 is 9.13 Å². The highest BCUT2D eigenvalue weighted by molar-refractivity contribution is 9.10.